The molecule has 7 heteroatoms. The van der Waals surface area contributed by atoms with Crippen LogP contribution >= 0.6 is 11.8 Å². The number of carbonyl (C=O) groups excluding carboxylic acids is 3. The first kappa shape index (κ1) is 24.7. The molecule has 6 nitrogen and oxygen atoms in total. The Morgan fingerprint density at radius 3 is 2.41 bits per heavy atom. The lowest BCUT2D eigenvalue weighted by atomic mass is 10.0. The summed E-state index contributed by atoms with van der Waals surface area (Å²) in [5.74, 6) is -0.464. The Balaban J connectivity index is 1.26. The van der Waals surface area contributed by atoms with Crippen LogP contribution in [0.25, 0.3) is 27.8 Å². The van der Waals surface area contributed by atoms with Gasteiger partial charge >= 0.3 is 0 Å². The van der Waals surface area contributed by atoms with Gasteiger partial charge in [-0.3, -0.25) is 19.3 Å². The third-order valence-corrected chi connectivity index (χ3v) is 7.74. The van der Waals surface area contributed by atoms with Gasteiger partial charge in [0.25, 0.3) is 11.1 Å². The number of hydrogen-bond donors (Lipinski definition) is 1. The van der Waals surface area contributed by atoms with Crippen molar-refractivity contribution in [3.63, 3.8) is 0 Å². The average Bonchev–Trinajstić information content (AvgIpc) is 3.41. The molecule has 0 bridgehead atoms. The van der Waals surface area contributed by atoms with E-state index in [-0.39, 0.29) is 30.1 Å². The summed E-state index contributed by atoms with van der Waals surface area (Å²) in [7, 11) is 0. The van der Waals surface area contributed by atoms with Gasteiger partial charge in [0.15, 0.2) is 0 Å². The van der Waals surface area contributed by atoms with Gasteiger partial charge in [-0.1, -0.05) is 78.4 Å². The molecule has 0 aliphatic carbocycles. The van der Waals surface area contributed by atoms with Crippen molar-refractivity contribution in [3.05, 3.63) is 119 Å². The van der Waals surface area contributed by atoms with Crippen LogP contribution in [0.4, 0.5) is 10.5 Å². The monoisotopic (exact) mass is 531 g/mol. The second-order valence-electron chi connectivity index (χ2n) is 9.55. The number of imide groups is 1. The van der Waals surface area contributed by atoms with E-state index in [1.807, 2.05) is 109 Å². The van der Waals surface area contributed by atoms with Crippen molar-refractivity contribution in [3.8, 4) is 0 Å². The lowest BCUT2D eigenvalue weighted by molar-refractivity contribution is -0.123. The number of benzene rings is 4. The van der Waals surface area contributed by atoms with Crippen LogP contribution in [-0.2, 0) is 22.7 Å². The summed E-state index contributed by atoms with van der Waals surface area (Å²) in [6, 6.07) is 29.2. The highest BCUT2D eigenvalue weighted by atomic mass is 32.2. The molecule has 1 N–H and O–H groups in total. The third kappa shape index (κ3) is 4.96. The summed E-state index contributed by atoms with van der Waals surface area (Å²) in [4.78, 5) is 40.7. The van der Waals surface area contributed by atoms with E-state index in [4.69, 9.17) is 0 Å². The van der Waals surface area contributed by atoms with Crippen LogP contribution in [0.5, 0.6) is 0 Å². The Morgan fingerprint density at radius 2 is 1.59 bits per heavy atom. The standard InChI is InChI=1S/C32H25N3O3S/c1-21-13-15-25(16-14-21)33-30(36)20-34-18-24(27-11-4-5-12-28(27)34)17-29-31(37)35(32(38)39-29)19-23-9-6-8-22-7-2-3-10-26(22)23/h2-18H,19-20H2,1H3,(H,33,36)/b29-17+. The predicted octanol–water partition coefficient (Wildman–Crippen LogP) is 6.98. The predicted molar refractivity (Wildman–Crippen MR) is 157 cm³/mol. The number of para-hydroxylation sites is 1. The highest BCUT2D eigenvalue weighted by Gasteiger charge is 2.35. The summed E-state index contributed by atoms with van der Waals surface area (Å²) in [5, 5.41) is 5.64. The Morgan fingerprint density at radius 1 is 0.872 bits per heavy atom. The molecule has 0 spiro atoms. The lowest BCUT2D eigenvalue weighted by Crippen LogP contribution is -2.27. The average molecular weight is 532 g/mol. The summed E-state index contributed by atoms with van der Waals surface area (Å²) >= 11 is 0.946. The van der Waals surface area contributed by atoms with Crippen molar-refractivity contribution in [2.75, 3.05) is 5.32 Å². The van der Waals surface area contributed by atoms with Gasteiger partial charge in [0.2, 0.25) is 5.91 Å². The van der Waals surface area contributed by atoms with Crippen LogP contribution in [0.2, 0.25) is 0 Å². The van der Waals surface area contributed by atoms with Crippen molar-refractivity contribution in [2.24, 2.45) is 0 Å². The second-order valence-corrected chi connectivity index (χ2v) is 10.5. The topological polar surface area (TPSA) is 71.4 Å². The molecule has 0 unspecified atom stereocenters. The van der Waals surface area contributed by atoms with Gasteiger partial charge in [0, 0.05) is 28.4 Å². The highest BCUT2D eigenvalue weighted by molar-refractivity contribution is 8.18. The molecule has 0 saturated carbocycles. The molecular weight excluding hydrogens is 506 g/mol. The number of hydrogen-bond acceptors (Lipinski definition) is 4. The molecule has 0 atom stereocenters. The van der Waals surface area contributed by atoms with Gasteiger partial charge in [-0.2, -0.15) is 0 Å². The van der Waals surface area contributed by atoms with E-state index in [1.54, 1.807) is 6.08 Å². The smallest absolute Gasteiger partial charge is 0.293 e. The van der Waals surface area contributed by atoms with E-state index in [1.165, 1.54) is 4.90 Å². The number of fused-ring (bicyclic) bond motifs is 2. The number of rotatable bonds is 6. The fourth-order valence-corrected chi connectivity index (χ4v) is 5.72. The van der Waals surface area contributed by atoms with Crippen LogP contribution in [-0.4, -0.2) is 26.5 Å². The number of carbonyl (C=O) groups is 3. The number of anilines is 1. The molecule has 6 rings (SSSR count). The zero-order valence-electron chi connectivity index (χ0n) is 21.3. The van der Waals surface area contributed by atoms with Gasteiger partial charge in [-0.05, 0) is 59.3 Å². The van der Waals surface area contributed by atoms with Crippen LogP contribution in [0, 0.1) is 6.92 Å². The molecule has 1 aliphatic rings. The van der Waals surface area contributed by atoms with Crippen molar-refractivity contribution in [2.45, 2.75) is 20.0 Å². The molecule has 5 aromatic rings. The molecule has 1 saturated heterocycles. The van der Waals surface area contributed by atoms with E-state index in [0.717, 1.165) is 55.8 Å². The number of aromatic nitrogens is 1. The Bertz CT molecular complexity index is 1780. The minimum Gasteiger partial charge on any atom is -0.337 e. The molecule has 1 fully saturated rings. The normalized spacial score (nSPS) is 14.6. The molecule has 192 valence electrons. The first-order chi connectivity index (χ1) is 19.0. The first-order valence-corrected chi connectivity index (χ1v) is 13.4. The summed E-state index contributed by atoms with van der Waals surface area (Å²) < 4.78 is 1.87. The van der Waals surface area contributed by atoms with Crippen LogP contribution < -0.4 is 5.32 Å². The minimum absolute atomic E-state index is 0.116. The van der Waals surface area contributed by atoms with Crippen molar-refractivity contribution < 1.29 is 14.4 Å². The molecule has 3 amide bonds. The van der Waals surface area contributed by atoms with Gasteiger partial charge in [0.05, 0.1) is 11.4 Å². The van der Waals surface area contributed by atoms with Gasteiger partial charge < -0.3 is 9.88 Å². The second kappa shape index (κ2) is 10.3. The maximum absolute atomic E-state index is 13.4. The van der Waals surface area contributed by atoms with E-state index in [2.05, 4.69) is 5.32 Å². The van der Waals surface area contributed by atoms with E-state index in [0.29, 0.717) is 4.91 Å². The molecule has 1 aromatic heterocycles. The first-order valence-electron chi connectivity index (χ1n) is 12.6. The zero-order chi connectivity index (χ0) is 26.9. The maximum Gasteiger partial charge on any atom is 0.293 e. The summed E-state index contributed by atoms with van der Waals surface area (Å²) in [6.45, 7) is 2.33. The largest absolute Gasteiger partial charge is 0.337 e. The Kier molecular flexibility index (Phi) is 6.50. The van der Waals surface area contributed by atoms with Crippen molar-refractivity contribution >= 4 is 62.3 Å². The molecule has 2 heterocycles. The Labute approximate surface area is 229 Å². The quantitative estimate of drug-likeness (QED) is 0.240. The van der Waals surface area contributed by atoms with E-state index < -0.39 is 0 Å². The molecule has 39 heavy (non-hydrogen) atoms. The number of nitrogens with zero attached hydrogens (tertiary/aromatic N) is 2. The van der Waals surface area contributed by atoms with Crippen LogP contribution in [0.1, 0.15) is 16.7 Å². The molecule has 1 aliphatic heterocycles. The fraction of sp³-hybridized carbons (Fsp3) is 0.0938. The number of thioether (sulfide) groups is 1. The van der Waals surface area contributed by atoms with Crippen molar-refractivity contribution in [1.29, 1.82) is 0 Å². The SMILES string of the molecule is Cc1ccc(NC(=O)Cn2cc(/C=C3/SC(=O)N(Cc4cccc5ccccc45)C3=O)c3ccccc32)cc1. The van der Waals surface area contributed by atoms with Crippen LogP contribution in [0.15, 0.2) is 102 Å². The lowest BCUT2D eigenvalue weighted by Gasteiger charge is -2.14. The molecule has 4 aromatic carbocycles. The third-order valence-electron chi connectivity index (χ3n) is 6.84. The minimum atomic E-state index is -0.313. The fourth-order valence-electron chi connectivity index (χ4n) is 4.89. The zero-order valence-corrected chi connectivity index (χ0v) is 22.1. The van der Waals surface area contributed by atoms with Crippen molar-refractivity contribution in [1.82, 2.24) is 9.47 Å². The van der Waals surface area contributed by atoms with Crippen LogP contribution in [0.3, 0.4) is 0 Å². The highest BCUT2D eigenvalue weighted by Crippen LogP contribution is 2.35. The van der Waals surface area contributed by atoms with Gasteiger partial charge in [-0.15, -0.1) is 0 Å². The summed E-state index contributed by atoms with van der Waals surface area (Å²) in [6.07, 6.45) is 3.61. The van der Waals surface area contributed by atoms with E-state index >= 15 is 0 Å². The number of aryl methyl sites for hydroxylation is 1. The molecule has 0 radical (unpaired) electrons. The number of amides is 3. The maximum atomic E-state index is 13.4. The summed E-state index contributed by atoms with van der Waals surface area (Å²) in [5.41, 5.74) is 4.44. The number of nitrogens with one attached hydrogen (secondary N) is 1. The Hall–Kier alpha value is -4.62. The van der Waals surface area contributed by atoms with Gasteiger partial charge in [-0.25, -0.2) is 0 Å². The van der Waals surface area contributed by atoms with E-state index in [9.17, 15) is 14.4 Å². The van der Waals surface area contributed by atoms with Gasteiger partial charge in [0.1, 0.15) is 6.54 Å². The molecular formula is C32H25N3O3S.